The molecule has 24 heavy (non-hydrogen) atoms. The molecule has 1 amide bonds. The van der Waals surface area contributed by atoms with E-state index >= 15 is 0 Å². The molecule has 2 aromatic rings. The lowest BCUT2D eigenvalue weighted by Gasteiger charge is -2.28. The third-order valence-electron chi connectivity index (χ3n) is 4.74. The number of hydrogen-bond donors (Lipinski definition) is 0. The zero-order valence-electron chi connectivity index (χ0n) is 14.5. The highest BCUT2D eigenvalue weighted by molar-refractivity contribution is 5.98. The van der Waals surface area contributed by atoms with Crippen molar-refractivity contribution < 1.29 is 9.53 Å². The van der Waals surface area contributed by atoms with Crippen LogP contribution in [0.15, 0.2) is 48.5 Å². The summed E-state index contributed by atoms with van der Waals surface area (Å²) in [7, 11) is 3.66. The first kappa shape index (κ1) is 16.5. The van der Waals surface area contributed by atoms with Gasteiger partial charge >= 0.3 is 0 Å². The standard InChI is InChI=1S/C20H24N2O2/c1-15(21(2)14-16-7-6-9-18(13-16)24-3)20(23)22-12-11-17-8-4-5-10-19(17)22/h4-10,13,15H,11-12,14H2,1-3H3/t15-/m0/s1. The predicted octanol–water partition coefficient (Wildman–Crippen LogP) is 3.10. The molecule has 0 radical (unpaired) electrons. The van der Waals surface area contributed by atoms with E-state index < -0.39 is 0 Å². The van der Waals surface area contributed by atoms with Crippen molar-refractivity contribution in [3.63, 3.8) is 0 Å². The zero-order chi connectivity index (χ0) is 17.1. The van der Waals surface area contributed by atoms with Crippen molar-refractivity contribution in [2.75, 3.05) is 25.6 Å². The fraction of sp³-hybridized carbons (Fsp3) is 0.350. The molecule has 0 spiro atoms. The summed E-state index contributed by atoms with van der Waals surface area (Å²) in [5.41, 5.74) is 3.45. The van der Waals surface area contributed by atoms with E-state index in [1.807, 2.05) is 55.3 Å². The van der Waals surface area contributed by atoms with Gasteiger partial charge in [-0.05, 0) is 49.7 Å². The summed E-state index contributed by atoms with van der Waals surface area (Å²) in [6, 6.07) is 16.0. The Balaban J connectivity index is 1.69. The number of likely N-dealkylation sites (N-methyl/N-ethyl adjacent to an activating group) is 1. The molecule has 3 rings (SSSR count). The quantitative estimate of drug-likeness (QED) is 0.847. The van der Waals surface area contributed by atoms with Gasteiger partial charge < -0.3 is 9.64 Å². The maximum atomic E-state index is 12.9. The lowest BCUT2D eigenvalue weighted by atomic mass is 10.1. The second kappa shape index (κ2) is 7.05. The van der Waals surface area contributed by atoms with Crippen molar-refractivity contribution in [1.29, 1.82) is 0 Å². The van der Waals surface area contributed by atoms with Crippen LogP contribution in [0.4, 0.5) is 5.69 Å². The van der Waals surface area contributed by atoms with Crippen LogP contribution in [0.25, 0.3) is 0 Å². The minimum Gasteiger partial charge on any atom is -0.497 e. The summed E-state index contributed by atoms with van der Waals surface area (Å²) < 4.78 is 5.27. The molecule has 0 fully saturated rings. The molecule has 0 N–H and O–H groups in total. The molecule has 4 heteroatoms. The number of fused-ring (bicyclic) bond motifs is 1. The minimum absolute atomic E-state index is 0.158. The summed E-state index contributed by atoms with van der Waals surface area (Å²) in [5.74, 6) is 0.999. The Morgan fingerprint density at radius 3 is 2.83 bits per heavy atom. The van der Waals surface area contributed by atoms with Crippen molar-refractivity contribution in [2.24, 2.45) is 0 Å². The highest BCUT2D eigenvalue weighted by Crippen LogP contribution is 2.28. The molecule has 0 bridgehead atoms. The van der Waals surface area contributed by atoms with Crippen LogP contribution < -0.4 is 9.64 Å². The van der Waals surface area contributed by atoms with Crippen molar-refractivity contribution in [2.45, 2.75) is 25.9 Å². The smallest absolute Gasteiger partial charge is 0.244 e. The van der Waals surface area contributed by atoms with Crippen LogP contribution in [0.2, 0.25) is 0 Å². The molecule has 0 saturated carbocycles. The van der Waals surface area contributed by atoms with Gasteiger partial charge in [-0.15, -0.1) is 0 Å². The third-order valence-corrected chi connectivity index (χ3v) is 4.74. The molecule has 0 unspecified atom stereocenters. The zero-order valence-corrected chi connectivity index (χ0v) is 14.5. The molecule has 0 aliphatic carbocycles. The number of benzene rings is 2. The van der Waals surface area contributed by atoms with Crippen LogP contribution in [0.5, 0.6) is 5.75 Å². The van der Waals surface area contributed by atoms with Gasteiger partial charge in [-0.25, -0.2) is 0 Å². The fourth-order valence-corrected chi connectivity index (χ4v) is 3.18. The third kappa shape index (κ3) is 3.29. The molecule has 0 aromatic heterocycles. The second-order valence-corrected chi connectivity index (χ2v) is 6.31. The van der Waals surface area contributed by atoms with Crippen molar-refractivity contribution in [1.82, 2.24) is 4.90 Å². The Morgan fingerprint density at radius 1 is 1.25 bits per heavy atom. The summed E-state index contributed by atoms with van der Waals surface area (Å²) in [6.45, 7) is 3.46. The first-order valence-electron chi connectivity index (χ1n) is 8.32. The van der Waals surface area contributed by atoms with Crippen molar-refractivity contribution in [3.8, 4) is 5.75 Å². The van der Waals surface area contributed by atoms with Crippen LogP contribution in [0, 0.1) is 0 Å². The number of methoxy groups -OCH3 is 1. The monoisotopic (exact) mass is 324 g/mol. The lowest BCUT2D eigenvalue weighted by molar-refractivity contribution is -0.122. The topological polar surface area (TPSA) is 32.8 Å². The average molecular weight is 324 g/mol. The molecule has 4 nitrogen and oxygen atoms in total. The van der Waals surface area contributed by atoms with E-state index in [2.05, 4.69) is 17.0 Å². The lowest BCUT2D eigenvalue weighted by Crippen LogP contribution is -2.45. The number of ether oxygens (including phenoxy) is 1. The number of hydrogen-bond acceptors (Lipinski definition) is 3. The van der Waals surface area contributed by atoms with E-state index in [0.29, 0.717) is 6.54 Å². The average Bonchev–Trinajstić information content (AvgIpc) is 3.04. The molecule has 1 atom stereocenters. The molecular weight excluding hydrogens is 300 g/mol. The van der Waals surface area contributed by atoms with Gasteiger partial charge in [0.15, 0.2) is 0 Å². The Morgan fingerprint density at radius 2 is 2.04 bits per heavy atom. The maximum absolute atomic E-state index is 12.9. The van der Waals surface area contributed by atoms with Gasteiger partial charge in [0.1, 0.15) is 5.75 Å². The van der Waals surface area contributed by atoms with Crippen LogP contribution >= 0.6 is 0 Å². The number of carbonyl (C=O) groups is 1. The van der Waals surface area contributed by atoms with Crippen molar-refractivity contribution in [3.05, 3.63) is 59.7 Å². The number of anilines is 1. The summed E-state index contributed by atoms with van der Waals surface area (Å²) in [6.07, 6.45) is 0.939. The number of nitrogens with zero attached hydrogens (tertiary/aromatic N) is 2. The first-order valence-corrected chi connectivity index (χ1v) is 8.32. The number of carbonyl (C=O) groups excluding carboxylic acids is 1. The Labute approximate surface area is 143 Å². The summed E-state index contributed by atoms with van der Waals surface area (Å²) >= 11 is 0. The Hall–Kier alpha value is -2.33. The fourth-order valence-electron chi connectivity index (χ4n) is 3.18. The van der Waals surface area contributed by atoms with E-state index in [1.165, 1.54) is 5.56 Å². The van der Waals surface area contributed by atoms with E-state index in [4.69, 9.17) is 4.74 Å². The molecule has 1 heterocycles. The van der Waals surface area contributed by atoms with Gasteiger partial charge in [-0.2, -0.15) is 0 Å². The van der Waals surface area contributed by atoms with Crippen LogP contribution in [-0.2, 0) is 17.8 Å². The maximum Gasteiger partial charge on any atom is 0.244 e. The summed E-state index contributed by atoms with van der Waals surface area (Å²) in [5, 5.41) is 0. The Bertz CT molecular complexity index is 729. The molecule has 1 aliphatic heterocycles. The minimum atomic E-state index is -0.178. The van der Waals surface area contributed by atoms with Gasteiger partial charge in [0.25, 0.3) is 0 Å². The number of amides is 1. The van der Waals surface area contributed by atoms with Gasteiger partial charge in [0, 0.05) is 18.8 Å². The van der Waals surface area contributed by atoms with Gasteiger partial charge in [-0.3, -0.25) is 9.69 Å². The predicted molar refractivity (Wildman–Crippen MR) is 96.4 cm³/mol. The molecular formula is C20H24N2O2. The van der Waals surface area contributed by atoms with Crippen LogP contribution in [0.3, 0.4) is 0 Å². The number of para-hydroxylation sites is 1. The normalized spacial score (nSPS) is 14.6. The van der Waals surface area contributed by atoms with Gasteiger partial charge in [0.05, 0.1) is 13.2 Å². The second-order valence-electron chi connectivity index (χ2n) is 6.31. The highest BCUT2D eigenvalue weighted by atomic mass is 16.5. The summed E-state index contributed by atoms with van der Waals surface area (Å²) in [4.78, 5) is 16.9. The highest BCUT2D eigenvalue weighted by Gasteiger charge is 2.29. The van der Waals surface area contributed by atoms with E-state index in [1.54, 1.807) is 7.11 Å². The number of rotatable bonds is 5. The van der Waals surface area contributed by atoms with Crippen LogP contribution in [-0.4, -0.2) is 37.6 Å². The van der Waals surface area contributed by atoms with Gasteiger partial charge in [0.2, 0.25) is 5.91 Å². The van der Waals surface area contributed by atoms with E-state index in [0.717, 1.165) is 30.0 Å². The molecule has 2 aromatic carbocycles. The van der Waals surface area contributed by atoms with Gasteiger partial charge in [-0.1, -0.05) is 30.3 Å². The van der Waals surface area contributed by atoms with Crippen LogP contribution in [0.1, 0.15) is 18.1 Å². The molecule has 1 aliphatic rings. The Kier molecular flexibility index (Phi) is 4.86. The van der Waals surface area contributed by atoms with E-state index in [9.17, 15) is 4.79 Å². The molecule has 0 saturated heterocycles. The molecule has 126 valence electrons. The van der Waals surface area contributed by atoms with Crippen molar-refractivity contribution >= 4 is 11.6 Å². The largest absolute Gasteiger partial charge is 0.497 e. The van der Waals surface area contributed by atoms with E-state index in [-0.39, 0.29) is 11.9 Å². The first-order chi connectivity index (χ1) is 11.6. The SMILES string of the molecule is COc1cccc(CN(C)[C@@H](C)C(=O)N2CCc3ccccc32)c1.